The van der Waals surface area contributed by atoms with Crippen molar-refractivity contribution in [3.05, 3.63) is 64.1 Å². The Labute approximate surface area is 166 Å². The SMILES string of the molecule is CCc1ccccc1N1C[C@@H](C(=O)NNC(=O)c2ccc(Br)cc2)CC1=O. The highest BCUT2D eigenvalue weighted by atomic mass is 79.9. The van der Waals surface area contributed by atoms with Gasteiger partial charge in [0.2, 0.25) is 11.8 Å². The van der Waals surface area contributed by atoms with Gasteiger partial charge in [0.1, 0.15) is 0 Å². The van der Waals surface area contributed by atoms with E-state index in [9.17, 15) is 14.4 Å². The van der Waals surface area contributed by atoms with Crippen molar-refractivity contribution >= 4 is 39.3 Å². The minimum absolute atomic E-state index is 0.0877. The molecule has 0 spiro atoms. The van der Waals surface area contributed by atoms with Gasteiger partial charge in [0.05, 0.1) is 5.92 Å². The quantitative estimate of drug-likeness (QED) is 0.733. The average molecular weight is 430 g/mol. The summed E-state index contributed by atoms with van der Waals surface area (Å²) < 4.78 is 0.861. The normalized spacial score (nSPS) is 16.3. The molecular formula is C20H20BrN3O3. The fraction of sp³-hybridized carbons (Fsp3) is 0.250. The Bertz CT molecular complexity index is 867. The van der Waals surface area contributed by atoms with E-state index in [0.717, 1.165) is 22.1 Å². The third-order valence-corrected chi connectivity index (χ3v) is 5.09. The van der Waals surface area contributed by atoms with E-state index in [1.54, 1.807) is 29.2 Å². The van der Waals surface area contributed by atoms with E-state index in [-0.39, 0.29) is 18.2 Å². The van der Waals surface area contributed by atoms with E-state index in [0.29, 0.717) is 12.1 Å². The van der Waals surface area contributed by atoms with Crippen molar-refractivity contribution in [2.45, 2.75) is 19.8 Å². The number of aryl methyl sites for hydroxylation is 1. The molecule has 0 aromatic heterocycles. The van der Waals surface area contributed by atoms with Gasteiger partial charge in [-0.05, 0) is 42.3 Å². The summed E-state index contributed by atoms with van der Waals surface area (Å²) >= 11 is 3.30. The maximum absolute atomic E-state index is 12.4. The van der Waals surface area contributed by atoms with Gasteiger partial charge >= 0.3 is 0 Å². The number of hydrazine groups is 1. The lowest BCUT2D eigenvalue weighted by Crippen LogP contribution is -2.45. The van der Waals surface area contributed by atoms with E-state index >= 15 is 0 Å². The molecule has 2 aromatic carbocycles. The number of carbonyl (C=O) groups excluding carboxylic acids is 3. The van der Waals surface area contributed by atoms with Crippen LogP contribution in [0.5, 0.6) is 0 Å². The van der Waals surface area contributed by atoms with Crippen molar-refractivity contribution in [2.75, 3.05) is 11.4 Å². The van der Waals surface area contributed by atoms with Crippen LogP contribution in [0.4, 0.5) is 5.69 Å². The first kappa shape index (κ1) is 19.1. The molecule has 3 rings (SSSR count). The largest absolute Gasteiger partial charge is 0.311 e. The van der Waals surface area contributed by atoms with Crippen molar-refractivity contribution in [3.8, 4) is 0 Å². The molecule has 0 aliphatic carbocycles. The van der Waals surface area contributed by atoms with E-state index in [4.69, 9.17) is 0 Å². The van der Waals surface area contributed by atoms with Gasteiger partial charge in [-0.3, -0.25) is 25.2 Å². The topological polar surface area (TPSA) is 78.5 Å². The van der Waals surface area contributed by atoms with Crippen molar-refractivity contribution in [1.29, 1.82) is 0 Å². The van der Waals surface area contributed by atoms with Gasteiger partial charge in [0.15, 0.2) is 0 Å². The zero-order valence-corrected chi connectivity index (χ0v) is 16.5. The fourth-order valence-electron chi connectivity index (χ4n) is 3.08. The van der Waals surface area contributed by atoms with Gasteiger partial charge in [-0.25, -0.2) is 0 Å². The second-order valence-corrected chi connectivity index (χ2v) is 7.25. The number of nitrogens with zero attached hydrogens (tertiary/aromatic N) is 1. The van der Waals surface area contributed by atoms with Gasteiger partial charge < -0.3 is 4.90 Å². The summed E-state index contributed by atoms with van der Waals surface area (Å²) in [6.07, 6.45) is 0.929. The van der Waals surface area contributed by atoms with Crippen LogP contribution < -0.4 is 15.8 Å². The second kappa shape index (κ2) is 8.35. The summed E-state index contributed by atoms with van der Waals surface area (Å²) in [5.41, 5.74) is 7.17. The summed E-state index contributed by atoms with van der Waals surface area (Å²) in [6, 6.07) is 14.5. The van der Waals surface area contributed by atoms with Crippen LogP contribution in [-0.4, -0.2) is 24.3 Å². The number of carbonyl (C=O) groups is 3. The molecular weight excluding hydrogens is 410 g/mol. The molecule has 0 radical (unpaired) electrons. The number of rotatable bonds is 4. The Hall–Kier alpha value is -2.67. The van der Waals surface area contributed by atoms with E-state index in [1.165, 1.54) is 0 Å². The van der Waals surface area contributed by atoms with Crippen LogP contribution in [0.3, 0.4) is 0 Å². The minimum atomic E-state index is -0.507. The summed E-state index contributed by atoms with van der Waals surface area (Å²) in [6.45, 7) is 2.33. The predicted molar refractivity (Wildman–Crippen MR) is 106 cm³/mol. The molecule has 2 aromatic rings. The van der Waals surface area contributed by atoms with E-state index in [1.807, 2.05) is 31.2 Å². The van der Waals surface area contributed by atoms with Crippen molar-refractivity contribution < 1.29 is 14.4 Å². The second-order valence-electron chi connectivity index (χ2n) is 6.34. The Morgan fingerprint density at radius 1 is 1.11 bits per heavy atom. The first-order valence-corrected chi connectivity index (χ1v) is 9.53. The highest BCUT2D eigenvalue weighted by Crippen LogP contribution is 2.28. The molecule has 1 saturated heterocycles. The number of hydrogen-bond donors (Lipinski definition) is 2. The van der Waals surface area contributed by atoms with Crippen LogP contribution in [0.2, 0.25) is 0 Å². The van der Waals surface area contributed by atoms with Crippen molar-refractivity contribution in [3.63, 3.8) is 0 Å². The smallest absolute Gasteiger partial charge is 0.269 e. The van der Waals surface area contributed by atoms with Crippen molar-refractivity contribution in [2.24, 2.45) is 5.92 Å². The monoisotopic (exact) mass is 429 g/mol. The third kappa shape index (κ3) is 4.36. The van der Waals surface area contributed by atoms with Gasteiger partial charge in [-0.15, -0.1) is 0 Å². The highest BCUT2D eigenvalue weighted by Gasteiger charge is 2.35. The van der Waals surface area contributed by atoms with Crippen LogP contribution in [0.1, 0.15) is 29.3 Å². The zero-order chi connectivity index (χ0) is 19.4. The molecule has 1 atom stereocenters. The van der Waals surface area contributed by atoms with Crippen LogP contribution in [0.15, 0.2) is 53.0 Å². The number of para-hydroxylation sites is 1. The van der Waals surface area contributed by atoms with Gasteiger partial charge in [-0.1, -0.05) is 41.1 Å². The standard InChI is InChI=1S/C20H20BrN3O3/c1-2-13-5-3-4-6-17(13)24-12-15(11-18(24)25)20(27)23-22-19(26)14-7-9-16(21)10-8-14/h3-10,15H,2,11-12H2,1H3,(H,22,26)(H,23,27)/t15-/m0/s1. The first-order valence-electron chi connectivity index (χ1n) is 8.73. The molecule has 0 bridgehead atoms. The molecule has 0 unspecified atom stereocenters. The van der Waals surface area contributed by atoms with Gasteiger partial charge in [0, 0.05) is 28.7 Å². The Morgan fingerprint density at radius 2 is 1.81 bits per heavy atom. The molecule has 3 amide bonds. The number of amides is 3. The molecule has 1 aliphatic rings. The molecule has 27 heavy (non-hydrogen) atoms. The van der Waals surface area contributed by atoms with Crippen LogP contribution in [0, 0.1) is 5.92 Å². The molecule has 6 nitrogen and oxygen atoms in total. The maximum atomic E-state index is 12.4. The molecule has 7 heteroatoms. The van der Waals surface area contributed by atoms with Gasteiger partial charge in [-0.2, -0.15) is 0 Å². The molecule has 1 fully saturated rings. The number of anilines is 1. The molecule has 1 aliphatic heterocycles. The zero-order valence-electron chi connectivity index (χ0n) is 14.9. The lowest BCUT2D eigenvalue weighted by atomic mass is 10.1. The highest BCUT2D eigenvalue weighted by molar-refractivity contribution is 9.10. The van der Waals surface area contributed by atoms with E-state index < -0.39 is 11.8 Å². The molecule has 2 N–H and O–H groups in total. The lowest BCUT2D eigenvalue weighted by molar-refractivity contribution is -0.126. The van der Waals surface area contributed by atoms with Crippen LogP contribution >= 0.6 is 15.9 Å². The first-order chi connectivity index (χ1) is 13.0. The maximum Gasteiger partial charge on any atom is 0.269 e. The number of benzene rings is 2. The Morgan fingerprint density at radius 3 is 2.52 bits per heavy atom. The summed E-state index contributed by atoms with van der Waals surface area (Å²) in [7, 11) is 0. The Kier molecular flexibility index (Phi) is 5.91. The van der Waals surface area contributed by atoms with Crippen LogP contribution in [-0.2, 0) is 16.0 Å². The summed E-state index contributed by atoms with van der Waals surface area (Å²) in [5, 5.41) is 0. The molecule has 1 heterocycles. The third-order valence-electron chi connectivity index (χ3n) is 4.56. The number of nitrogens with one attached hydrogen (secondary N) is 2. The minimum Gasteiger partial charge on any atom is -0.311 e. The predicted octanol–water partition coefficient (Wildman–Crippen LogP) is 2.83. The lowest BCUT2D eigenvalue weighted by Gasteiger charge is -2.20. The molecule has 140 valence electrons. The molecule has 0 saturated carbocycles. The van der Waals surface area contributed by atoms with E-state index in [2.05, 4.69) is 26.8 Å². The summed E-state index contributed by atoms with van der Waals surface area (Å²) in [4.78, 5) is 38.5. The average Bonchev–Trinajstić information content (AvgIpc) is 3.08. The summed E-state index contributed by atoms with van der Waals surface area (Å²) in [5.74, 6) is -1.37. The van der Waals surface area contributed by atoms with Gasteiger partial charge in [0.25, 0.3) is 5.91 Å². The number of hydrogen-bond acceptors (Lipinski definition) is 3. The Balaban J connectivity index is 1.60. The fourth-order valence-corrected chi connectivity index (χ4v) is 3.35. The van der Waals surface area contributed by atoms with Crippen molar-refractivity contribution in [1.82, 2.24) is 10.9 Å². The number of halogens is 1. The van der Waals surface area contributed by atoms with Crippen LogP contribution in [0.25, 0.3) is 0 Å².